The molecular weight excluding hydrogens is 222 g/mol. The second-order valence-corrected chi connectivity index (χ2v) is 3.84. The predicted octanol–water partition coefficient (Wildman–Crippen LogP) is 1.80. The van der Waals surface area contributed by atoms with Gasteiger partial charge in [-0.15, -0.1) is 0 Å². The third kappa shape index (κ3) is 4.55. The second kappa shape index (κ2) is 5.89. The van der Waals surface area contributed by atoms with E-state index in [1.165, 1.54) is 12.1 Å². The summed E-state index contributed by atoms with van der Waals surface area (Å²) in [6.45, 7) is 3.44. The minimum atomic E-state index is -1.07. The highest BCUT2D eigenvalue weighted by molar-refractivity contribution is 5.78. The number of carboxylic acids is 1. The van der Waals surface area contributed by atoms with E-state index in [1.807, 2.05) is 0 Å². The van der Waals surface area contributed by atoms with Gasteiger partial charge in [0.2, 0.25) is 6.10 Å². The predicted molar refractivity (Wildman–Crippen MR) is 63.1 cm³/mol. The van der Waals surface area contributed by atoms with Gasteiger partial charge in [-0.2, -0.15) is 0 Å². The maximum atomic E-state index is 10.9. The van der Waals surface area contributed by atoms with Crippen molar-refractivity contribution in [3.63, 3.8) is 0 Å². The van der Waals surface area contributed by atoms with Crippen molar-refractivity contribution in [3.05, 3.63) is 29.8 Å². The molecule has 0 bridgehead atoms. The normalized spacial score (nSPS) is 11.6. The van der Waals surface area contributed by atoms with Crippen LogP contribution in [0, 0.1) is 0 Å². The molecule has 0 aliphatic heterocycles. The SMILES string of the molecule is CC(C)=NOC(Cc1ccc(O)cc1)C(=O)O. The smallest absolute Gasteiger partial charge is 0.348 e. The largest absolute Gasteiger partial charge is 0.508 e. The molecule has 1 aromatic rings. The van der Waals surface area contributed by atoms with Crippen LogP contribution in [-0.4, -0.2) is 28.0 Å². The van der Waals surface area contributed by atoms with Gasteiger partial charge in [-0.05, 0) is 31.5 Å². The second-order valence-electron chi connectivity index (χ2n) is 3.84. The van der Waals surface area contributed by atoms with Crippen LogP contribution in [0.15, 0.2) is 29.4 Å². The lowest BCUT2D eigenvalue weighted by Crippen LogP contribution is -2.24. The van der Waals surface area contributed by atoms with Crippen LogP contribution >= 0.6 is 0 Å². The summed E-state index contributed by atoms with van der Waals surface area (Å²) in [4.78, 5) is 15.9. The first kappa shape index (κ1) is 13.0. The lowest BCUT2D eigenvalue weighted by molar-refractivity contribution is -0.150. The van der Waals surface area contributed by atoms with Crippen molar-refractivity contribution < 1.29 is 19.8 Å². The Hall–Kier alpha value is -2.04. The molecule has 92 valence electrons. The molecule has 1 atom stereocenters. The summed E-state index contributed by atoms with van der Waals surface area (Å²) in [6, 6.07) is 6.31. The van der Waals surface area contributed by atoms with E-state index in [4.69, 9.17) is 15.1 Å². The minimum Gasteiger partial charge on any atom is -0.508 e. The first-order valence-electron chi connectivity index (χ1n) is 5.17. The molecule has 5 heteroatoms. The molecule has 0 amide bonds. The van der Waals surface area contributed by atoms with Gasteiger partial charge in [0.05, 0.1) is 5.71 Å². The first-order chi connectivity index (χ1) is 7.99. The van der Waals surface area contributed by atoms with Crippen molar-refractivity contribution >= 4 is 11.7 Å². The van der Waals surface area contributed by atoms with E-state index in [0.29, 0.717) is 5.71 Å². The van der Waals surface area contributed by atoms with Crippen LogP contribution in [0.25, 0.3) is 0 Å². The molecular formula is C12H15NO4. The molecule has 0 fully saturated rings. The summed E-state index contributed by atoms with van der Waals surface area (Å²) in [5.41, 5.74) is 1.42. The number of carbonyl (C=O) groups is 1. The number of aliphatic carboxylic acids is 1. The average Bonchev–Trinajstić information content (AvgIpc) is 2.26. The summed E-state index contributed by atoms with van der Waals surface area (Å²) in [5.74, 6) is -0.924. The molecule has 1 aromatic carbocycles. The number of aromatic hydroxyl groups is 1. The molecule has 0 saturated heterocycles. The van der Waals surface area contributed by atoms with E-state index in [2.05, 4.69) is 5.16 Å². The van der Waals surface area contributed by atoms with Crippen molar-refractivity contribution in [2.45, 2.75) is 26.4 Å². The lowest BCUT2D eigenvalue weighted by atomic mass is 10.1. The van der Waals surface area contributed by atoms with Crippen LogP contribution in [0.4, 0.5) is 0 Å². The maximum absolute atomic E-state index is 10.9. The molecule has 1 rings (SSSR count). The highest BCUT2D eigenvalue weighted by Crippen LogP contribution is 2.12. The third-order valence-corrected chi connectivity index (χ3v) is 2.00. The Morgan fingerprint density at radius 1 is 1.35 bits per heavy atom. The zero-order valence-electron chi connectivity index (χ0n) is 9.75. The fourth-order valence-electron chi connectivity index (χ4n) is 1.18. The Morgan fingerprint density at radius 3 is 2.41 bits per heavy atom. The Labute approximate surface area is 99.3 Å². The van der Waals surface area contributed by atoms with E-state index < -0.39 is 12.1 Å². The number of hydrogen-bond donors (Lipinski definition) is 2. The van der Waals surface area contributed by atoms with Crippen LogP contribution < -0.4 is 0 Å². The molecule has 0 radical (unpaired) electrons. The summed E-state index contributed by atoms with van der Waals surface area (Å²) in [7, 11) is 0. The van der Waals surface area contributed by atoms with E-state index >= 15 is 0 Å². The molecule has 0 aliphatic carbocycles. The van der Waals surface area contributed by atoms with Gasteiger partial charge in [0, 0.05) is 6.42 Å². The van der Waals surface area contributed by atoms with Gasteiger partial charge in [0.1, 0.15) is 5.75 Å². The Morgan fingerprint density at radius 2 is 1.94 bits per heavy atom. The fraction of sp³-hybridized carbons (Fsp3) is 0.333. The first-order valence-corrected chi connectivity index (χ1v) is 5.17. The summed E-state index contributed by atoms with van der Waals surface area (Å²) in [6.07, 6.45) is -0.818. The quantitative estimate of drug-likeness (QED) is 0.604. The van der Waals surface area contributed by atoms with Crippen molar-refractivity contribution in [1.29, 1.82) is 0 Å². The number of phenolic OH excluding ortho intramolecular Hbond substituents is 1. The van der Waals surface area contributed by atoms with Gasteiger partial charge in [-0.1, -0.05) is 17.3 Å². The summed E-state index contributed by atoms with van der Waals surface area (Å²) in [5, 5.41) is 21.7. The topological polar surface area (TPSA) is 79.1 Å². The lowest BCUT2D eigenvalue weighted by Gasteiger charge is -2.10. The van der Waals surface area contributed by atoms with Crippen molar-refractivity contribution in [2.75, 3.05) is 0 Å². The zero-order valence-corrected chi connectivity index (χ0v) is 9.75. The number of phenols is 1. The maximum Gasteiger partial charge on any atom is 0.348 e. The number of nitrogens with zero attached hydrogens (tertiary/aromatic N) is 1. The molecule has 2 N–H and O–H groups in total. The Kier molecular flexibility index (Phi) is 4.51. The van der Waals surface area contributed by atoms with Gasteiger partial charge >= 0.3 is 5.97 Å². The Balaban J connectivity index is 2.70. The fourth-order valence-corrected chi connectivity index (χ4v) is 1.18. The highest BCUT2D eigenvalue weighted by atomic mass is 16.6. The van der Waals surface area contributed by atoms with E-state index in [1.54, 1.807) is 26.0 Å². The monoisotopic (exact) mass is 237 g/mol. The Bertz CT molecular complexity index is 407. The number of oxime groups is 1. The molecule has 0 aromatic heterocycles. The van der Waals surface area contributed by atoms with Crippen LogP contribution in [0.5, 0.6) is 5.75 Å². The third-order valence-electron chi connectivity index (χ3n) is 2.00. The summed E-state index contributed by atoms with van der Waals surface area (Å²) >= 11 is 0. The zero-order chi connectivity index (χ0) is 12.8. The van der Waals surface area contributed by atoms with Crippen LogP contribution in [0.1, 0.15) is 19.4 Å². The molecule has 0 heterocycles. The molecule has 0 saturated carbocycles. The van der Waals surface area contributed by atoms with Gasteiger partial charge in [-0.25, -0.2) is 4.79 Å². The number of carboxylic acid groups (broad SMARTS) is 1. The minimum absolute atomic E-state index is 0.143. The van der Waals surface area contributed by atoms with E-state index in [-0.39, 0.29) is 12.2 Å². The highest BCUT2D eigenvalue weighted by Gasteiger charge is 2.19. The van der Waals surface area contributed by atoms with Crippen molar-refractivity contribution in [3.8, 4) is 5.75 Å². The molecule has 17 heavy (non-hydrogen) atoms. The van der Waals surface area contributed by atoms with Crippen LogP contribution in [0.3, 0.4) is 0 Å². The number of hydrogen-bond acceptors (Lipinski definition) is 4. The van der Waals surface area contributed by atoms with E-state index in [9.17, 15) is 4.79 Å². The van der Waals surface area contributed by atoms with Gasteiger partial charge in [0.15, 0.2) is 0 Å². The molecule has 0 aliphatic rings. The van der Waals surface area contributed by atoms with Gasteiger partial charge in [0.25, 0.3) is 0 Å². The number of benzene rings is 1. The standard InChI is InChI=1S/C12H15NO4/c1-8(2)13-17-11(12(15)16)7-9-3-5-10(14)6-4-9/h3-6,11,14H,7H2,1-2H3,(H,15,16). The van der Waals surface area contributed by atoms with Crippen LogP contribution in [0.2, 0.25) is 0 Å². The molecule has 1 unspecified atom stereocenters. The summed E-state index contributed by atoms with van der Waals surface area (Å²) < 4.78 is 0. The number of rotatable bonds is 5. The van der Waals surface area contributed by atoms with Gasteiger partial charge < -0.3 is 15.1 Å². The van der Waals surface area contributed by atoms with Crippen molar-refractivity contribution in [2.24, 2.45) is 5.16 Å². The van der Waals surface area contributed by atoms with Crippen LogP contribution in [-0.2, 0) is 16.1 Å². The van der Waals surface area contributed by atoms with Crippen molar-refractivity contribution in [1.82, 2.24) is 0 Å². The van der Waals surface area contributed by atoms with Gasteiger partial charge in [-0.3, -0.25) is 0 Å². The van der Waals surface area contributed by atoms with E-state index in [0.717, 1.165) is 5.56 Å². The molecule has 5 nitrogen and oxygen atoms in total. The average molecular weight is 237 g/mol. The molecule has 0 spiro atoms.